The number of nitrogens with one attached hydrogen (secondary N) is 1. The van der Waals surface area contributed by atoms with Gasteiger partial charge in [-0.25, -0.2) is 4.79 Å². The number of carbonyl (C=O) groups is 1. The Morgan fingerprint density at radius 1 is 0.938 bits per heavy atom. The molecule has 0 aromatic heterocycles. The summed E-state index contributed by atoms with van der Waals surface area (Å²) >= 11 is 0. The quantitative estimate of drug-likeness (QED) is 0.647. The van der Waals surface area contributed by atoms with E-state index in [0.29, 0.717) is 6.04 Å². The summed E-state index contributed by atoms with van der Waals surface area (Å²) in [4.78, 5) is 22.4. The lowest BCUT2D eigenvalue weighted by Crippen LogP contribution is -2.61. The SMILES string of the molecule is C=C1CCCCCN2C(=O)N=C(NC3CCCCC3)C23CCN(CC3)Cc2ccc1cc2. The number of amides is 2. The van der Waals surface area contributed by atoms with E-state index in [9.17, 15) is 4.79 Å². The third kappa shape index (κ3) is 4.36. The molecule has 1 saturated carbocycles. The van der Waals surface area contributed by atoms with Crippen molar-refractivity contribution in [2.45, 2.75) is 88.8 Å². The zero-order valence-electron chi connectivity index (χ0n) is 19.5. The maximum atomic E-state index is 13.1. The van der Waals surface area contributed by atoms with Crippen molar-refractivity contribution < 1.29 is 4.79 Å². The van der Waals surface area contributed by atoms with Gasteiger partial charge in [-0.1, -0.05) is 56.5 Å². The third-order valence-electron chi connectivity index (χ3n) is 8.15. The highest BCUT2D eigenvalue weighted by Crippen LogP contribution is 2.36. The second kappa shape index (κ2) is 9.38. The molecule has 0 radical (unpaired) electrons. The third-order valence-corrected chi connectivity index (χ3v) is 8.15. The van der Waals surface area contributed by atoms with Gasteiger partial charge >= 0.3 is 6.03 Å². The molecule has 5 nitrogen and oxygen atoms in total. The molecular formula is C27H38N4O. The van der Waals surface area contributed by atoms with E-state index in [1.165, 1.54) is 48.8 Å². The van der Waals surface area contributed by atoms with Gasteiger partial charge in [-0.2, -0.15) is 4.99 Å². The smallest absolute Gasteiger partial charge is 0.346 e. The van der Waals surface area contributed by atoms with Crippen LogP contribution >= 0.6 is 0 Å². The van der Waals surface area contributed by atoms with Gasteiger partial charge in [0.1, 0.15) is 11.4 Å². The normalized spacial score (nSPS) is 29.8. The second-order valence-electron chi connectivity index (χ2n) is 10.3. The second-order valence-corrected chi connectivity index (χ2v) is 10.3. The zero-order chi connectivity index (χ0) is 22.0. The number of amidine groups is 1. The van der Waals surface area contributed by atoms with Crippen molar-refractivity contribution in [3.8, 4) is 0 Å². The minimum Gasteiger partial charge on any atom is -0.369 e. The topological polar surface area (TPSA) is 47.9 Å². The highest BCUT2D eigenvalue weighted by Gasteiger charge is 2.51. The average molecular weight is 435 g/mol. The first-order chi connectivity index (χ1) is 15.6. The molecule has 0 unspecified atom stereocenters. The van der Waals surface area contributed by atoms with Gasteiger partial charge in [0.2, 0.25) is 0 Å². The number of fused-ring (bicyclic) bond motifs is 2. The van der Waals surface area contributed by atoms with Crippen LogP contribution < -0.4 is 5.32 Å². The Morgan fingerprint density at radius 3 is 2.41 bits per heavy atom. The molecule has 5 aliphatic heterocycles. The molecule has 32 heavy (non-hydrogen) atoms. The van der Waals surface area contributed by atoms with Gasteiger partial charge < -0.3 is 10.2 Å². The van der Waals surface area contributed by atoms with Crippen LogP contribution in [0.1, 0.15) is 81.8 Å². The van der Waals surface area contributed by atoms with Crippen molar-refractivity contribution >= 4 is 17.4 Å². The Balaban J connectivity index is 1.37. The van der Waals surface area contributed by atoms with Gasteiger partial charge in [-0.05, 0) is 61.6 Å². The first-order valence-corrected chi connectivity index (χ1v) is 12.8. The first kappa shape index (κ1) is 21.7. The van der Waals surface area contributed by atoms with Crippen molar-refractivity contribution in [2.75, 3.05) is 19.6 Å². The van der Waals surface area contributed by atoms with E-state index in [2.05, 4.69) is 51.0 Å². The molecule has 1 aliphatic carbocycles. The predicted octanol–water partition coefficient (Wildman–Crippen LogP) is 5.36. The molecule has 1 saturated heterocycles. The molecule has 172 valence electrons. The molecule has 1 N–H and O–H groups in total. The van der Waals surface area contributed by atoms with Crippen LogP contribution in [0.5, 0.6) is 0 Å². The molecule has 2 amide bonds. The minimum atomic E-state index is -0.227. The van der Waals surface area contributed by atoms with Crippen molar-refractivity contribution in [3.05, 3.63) is 42.0 Å². The number of carbonyl (C=O) groups excluding carboxylic acids is 1. The van der Waals surface area contributed by atoms with E-state index in [1.807, 2.05) is 0 Å². The fourth-order valence-corrected chi connectivity index (χ4v) is 6.11. The molecule has 5 heterocycles. The summed E-state index contributed by atoms with van der Waals surface area (Å²) in [7, 11) is 0. The number of allylic oxidation sites excluding steroid dienone is 1. The lowest BCUT2D eigenvalue weighted by Gasteiger charge is -2.46. The summed E-state index contributed by atoms with van der Waals surface area (Å²) in [5, 5.41) is 3.78. The van der Waals surface area contributed by atoms with Crippen molar-refractivity contribution in [1.29, 1.82) is 0 Å². The van der Waals surface area contributed by atoms with E-state index in [-0.39, 0.29) is 11.6 Å². The number of aliphatic imine (C=N–C) groups is 1. The maximum Gasteiger partial charge on any atom is 0.346 e. The average Bonchev–Trinajstić information content (AvgIpc) is 3.05. The van der Waals surface area contributed by atoms with Gasteiger partial charge in [-0.15, -0.1) is 0 Å². The molecule has 2 fully saturated rings. The number of nitrogens with zero attached hydrogens (tertiary/aromatic N) is 3. The predicted molar refractivity (Wildman–Crippen MR) is 131 cm³/mol. The van der Waals surface area contributed by atoms with Crippen LogP contribution in [-0.2, 0) is 6.54 Å². The van der Waals surface area contributed by atoms with Crippen LogP contribution in [0.25, 0.3) is 5.57 Å². The van der Waals surface area contributed by atoms with E-state index >= 15 is 0 Å². The monoisotopic (exact) mass is 434 g/mol. The summed E-state index contributed by atoms with van der Waals surface area (Å²) in [6, 6.07) is 9.47. The number of urea groups is 1. The Bertz CT molecular complexity index is 860. The van der Waals surface area contributed by atoms with Gasteiger partial charge in [0.05, 0.1) is 0 Å². The molecule has 6 aliphatic rings. The van der Waals surface area contributed by atoms with Gasteiger partial charge in [0.25, 0.3) is 0 Å². The molecule has 0 atom stereocenters. The van der Waals surface area contributed by atoms with E-state index in [4.69, 9.17) is 0 Å². The number of piperidine rings is 1. The van der Waals surface area contributed by atoms with Crippen LogP contribution in [0.3, 0.4) is 0 Å². The van der Waals surface area contributed by atoms with Gasteiger partial charge in [-0.3, -0.25) is 4.90 Å². The summed E-state index contributed by atoms with van der Waals surface area (Å²) < 4.78 is 0. The Hall–Kier alpha value is -2.14. The number of rotatable bonds is 1. The number of hydrogen-bond donors (Lipinski definition) is 1. The lowest BCUT2D eigenvalue weighted by molar-refractivity contribution is 0.0942. The Kier molecular flexibility index (Phi) is 6.36. The molecule has 7 rings (SSSR count). The molecule has 1 spiro atoms. The van der Waals surface area contributed by atoms with E-state index in [1.54, 1.807) is 0 Å². The largest absolute Gasteiger partial charge is 0.369 e. The molecular weight excluding hydrogens is 396 g/mol. The number of hydrogen-bond acceptors (Lipinski definition) is 3. The standard InChI is InChI=1S/C27H38N4O/c1-21-8-4-3-7-17-31-26(32)29-25(28-24-9-5-2-6-10-24)27(31)15-18-30(19-16-27)20-22-11-13-23(21)14-12-22/h11-14,24H,1-10,15-20H2,(H,28,29,32). The first-order valence-electron chi connectivity index (χ1n) is 12.8. The molecule has 5 heteroatoms. The molecule has 1 aromatic rings. The Morgan fingerprint density at radius 2 is 1.66 bits per heavy atom. The fourth-order valence-electron chi connectivity index (χ4n) is 6.11. The summed E-state index contributed by atoms with van der Waals surface area (Å²) in [5.41, 5.74) is 3.62. The highest BCUT2D eigenvalue weighted by atomic mass is 16.2. The Labute approximate surface area is 193 Å². The van der Waals surface area contributed by atoms with Crippen molar-refractivity contribution in [3.63, 3.8) is 0 Å². The van der Waals surface area contributed by atoms with Crippen molar-refractivity contribution in [2.24, 2.45) is 4.99 Å². The summed E-state index contributed by atoms with van der Waals surface area (Å²) in [6.45, 7) is 8.11. The van der Waals surface area contributed by atoms with Crippen molar-refractivity contribution in [1.82, 2.24) is 15.1 Å². The lowest BCUT2D eigenvalue weighted by atomic mass is 9.83. The van der Waals surface area contributed by atoms with E-state index in [0.717, 1.165) is 70.5 Å². The number of benzene rings is 1. The van der Waals surface area contributed by atoms with Crippen LogP contribution in [0.2, 0.25) is 0 Å². The van der Waals surface area contributed by atoms with Gasteiger partial charge in [0, 0.05) is 32.2 Å². The zero-order valence-corrected chi connectivity index (χ0v) is 19.5. The summed E-state index contributed by atoms with van der Waals surface area (Å²) in [6.07, 6.45) is 12.6. The van der Waals surface area contributed by atoms with Crippen LogP contribution in [0.4, 0.5) is 4.79 Å². The van der Waals surface area contributed by atoms with Crippen LogP contribution in [-0.4, -0.2) is 52.9 Å². The summed E-state index contributed by atoms with van der Waals surface area (Å²) in [5.74, 6) is 0.980. The minimum absolute atomic E-state index is 0.0165. The highest BCUT2D eigenvalue weighted by molar-refractivity contribution is 6.06. The van der Waals surface area contributed by atoms with Crippen LogP contribution in [0.15, 0.2) is 35.8 Å². The van der Waals surface area contributed by atoms with E-state index < -0.39 is 0 Å². The molecule has 4 bridgehead atoms. The molecule has 1 aromatic carbocycles. The fraction of sp³-hybridized carbons (Fsp3) is 0.630. The van der Waals surface area contributed by atoms with Gasteiger partial charge in [0.15, 0.2) is 0 Å². The maximum absolute atomic E-state index is 13.1. The van der Waals surface area contributed by atoms with Crippen LogP contribution in [0, 0.1) is 0 Å².